The highest BCUT2D eigenvalue weighted by molar-refractivity contribution is 9.09. The van der Waals surface area contributed by atoms with Crippen molar-refractivity contribution in [3.05, 3.63) is 0 Å². The van der Waals surface area contributed by atoms with Gasteiger partial charge in [0, 0.05) is 18.4 Å². The number of rotatable bonds is 9. The molecule has 2 atom stereocenters. The number of hydrogen-bond donors (Lipinski definition) is 0. The van der Waals surface area contributed by atoms with Gasteiger partial charge in [-0.05, 0) is 31.2 Å². The summed E-state index contributed by atoms with van der Waals surface area (Å²) in [6.07, 6.45) is 9.94. The van der Waals surface area contributed by atoms with Crippen LogP contribution in [-0.4, -0.2) is 29.9 Å². The van der Waals surface area contributed by atoms with E-state index in [0.717, 1.165) is 11.8 Å². The van der Waals surface area contributed by atoms with Gasteiger partial charge in [-0.2, -0.15) is 0 Å². The zero-order valence-corrected chi connectivity index (χ0v) is 13.3. The summed E-state index contributed by atoms with van der Waals surface area (Å²) in [4.78, 5) is 2.67. The average molecular weight is 304 g/mol. The van der Waals surface area contributed by atoms with Crippen LogP contribution in [-0.2, 0) is 0 Å². The summed E-state index contributed by atoms with van der Waals surface area (Å²) in [6.45, 7) is 8.82. The van der Waals surface area contributed by atoms with E-state index in [1.54, 1.807) is 0 Å². The molecule has 1 fully saturated rings. The maximum atomic E-state index is 3.49. The quantitative estimate of drug-likeness (QED) is 0.441. The number of alkyl halides is 1. The molecule has 0 radical (unpaired) electrons. The first kappa shape index (κ1) is 15.5. The minimum atomic E-state index is 0.916. The maximum Gasteiger partial charge on any atom is 0.00313 e. The summed E-state index contributed by atoms with van der Waals surface area (Å²) in [5.74, 6) is 1.83. The van der Waals surface area contributed by atoms with Crippen molar-refractivity contribution in [3.8, 4) is 0 Å². The van der Waals surface area contributed by atoms with Crippen molar-refractivity contribution in [2.75, 3.05) is 25.0 Å². The molecular formula is C15H30BrN. The molecular weight excluding hydrogens is 274 g/mol. The predicted octanol–water partition coefficient (Wildman–Crippen LogP) is 4.70. The highest BCUT2D eigenvalue weighted by Gasteiger charge is 2.24. The normalized spacial score (nSPS) is 25.6. The predicted molar refractivity (Wildman–Crippen MR) is 80.9 cm³/mol. The van der Waals surface area contributed by atoms with Crippen LogP contribution in [0, 0.1) is 11.8 Å². The van der Waals surface area contributed by atoms with Gasteiger partial charge in [0.1, 0.15) is 0 Å². The molecule has 1 aliphatic rings. The molecule has 1 saturated heterocycles. The van der Waals surface area contributed by atoms with Gasteiger partial charge in [-0.3, -0.25) is 0 Å². The summed E-state index contributed by atoms with van der Waals surface area (Å²) >= 11 is 3.49. The molecule has 0 saturated carbocycles. The van der Waals surface area contributed by atoms with Gasteiger partial charge in [0.05, 0.1) is 0 Å². The van der Waals surface area contributed by atoms with Gasteiger partial charge in [0.2, 0.25) is 0 Å². The van der Waals surface area contributed by atoms with Crippen LogP contribution in [0.25, 0.3) is 0 Å². The molecule has 1 nitrogen and oxygen atoms in total. The second-order valence-corrected chi connectivity index (χ2v) is 6.67. The summed E-state index contributed by atoms with van der Waals surface area (Å²) in [6, 6.07) is 0. The summed E-state index contributed by atoms with van der Waals surface area (Å²) in [5, 5.41) is 1.18. The second kappa shape index (κ2) is 9.38. The molecule has 1 aliphatic heterocycles. The summed E-state index contributed by atoms with van der Waals surface area (Å²) in [5.41, 5.74) is 0. The Labute approximate surface area is 116 Å². The minimum absolute atomic E-state index is 0.916. The molecule has 0 amide bonds. The molecule has 0 aromatic rings. The van der Waals surface area contributed by atoms with Crippen LogP contribution in [0.3, 0.4) is 0 Å². The van der Waals surface area contributed by atoms with Crippen LogP contribution in [0.15, 0.2) is 0 Å². The van der Waals surface area contributed by atoms with Crippen molar-refractivity contribution in [2.24, 2.45) is 11.8 Å². The van der Waals surface area contributed by atoms with Gasteiger partial charge < -0.3 is 4.90 Å². The highest BCUT2D eigenvalue weighted by atomic mass is 79.9. The molecule has 2 unspecified atom stereocenters. The van der Waals surface area contributed by atoms with Crippen LogP contribution in [0.5, 0.6) is 0 Å². The standard InChI is InChI=1S/C15H30BrN/c1-14-12-17(13-15(14)2)11-9-7-5-3-4-6-8-10-16/h14-15H,3-13H2,1-2H3. The first-order valence-electron chi connectivity index (χ1n) is 7.52. The number of likely N-dealkylation sites (tertiary alicyclic amines) is 1. The Morgan fingerprint density at radius 1 is 0.824 bits per heavy atom. The fourth-order valence-corrected chi connectivity index (χ4v) is 3.14. The first-order valence-corrected chi connectivity index (χ1v) is 8.64. The molecule has 1 rings (SSSR count). The van der Waals surface area contributed by atoms with E-state index in [0.29, 0.717) is 0 Å². The lowest BCUT2D eigenvalue weighted by atomic mass is 10.0. The molecule has 0 spiro atoms. The minimum Gasteiger partial charge on any atom is -0.303 e. The van der Waals surface area contributed by atoms with Crippen LogP contribution in [0.4, 0.5) is 0 Å². The Kier molecular flexibility index (Phi) is 8.55. The molecule has 0 aromatic carbocycles. The topological polar surface area (TPSA) is 3.24 Å². The van der Waals surface area contributed by atoms with E-state index >= 15 is 0 Å². The van der Waals surface area contributed by atoms with Crippen LogP contribution >= 0.6 is 15.9 Å². The maximum absolute atomic E-state index is 3.49. The molecule has 17 heavy (non-hydrogen) atoms. The summed E-state index contributed by atoms with van der Waals surface area (Å²) in [7, 11) is 0. The van der Waals surface area contributed by atoms with Crippen molar-refractivity contribution in [3.63, 3.8) is 0 Å². The molecule has 1 heterocycles. The third-order valence-electron chi connectivity index (χ3n) is 4.17. The largest absolute Gasteiger partial charge is 0.303 e. The van der Waals surface area contributed by atoms with E-state index in [9.17, 15) is 0 Å². The molecule has 102 valence electrons. The number of nitrogens with zero attached hydrogens (tertiary/aromatic N) is 1. The van der Waals surface area contributed by atoms with E-state index in [4.69, 9.17) is 0 Å². The van der Waals surface area contributed by atoms with Crippen molar-refractivity contribution in [2.45, 2.75) is 58.8 Å². The lowest BCUT2D eigenvalue weighted by Gasteiger charge is -2.14. The third kappa shape index (κ3) is 6.81. The SMILES string of the molecule is CC1CN(CCCCCCCCCBr)CC1C. The Bertz CT molecular complexity index is 174. The average Bonchev–Trinajstić information content (AvgIpc) is 2.62. The smallest absolute Gasteiger partial charge is 0.00313 e. The van der Waals surface area contributed by atoms with E-state index in [-0.39, 0.29) is 0 Å². The van der Waals surface area contributed by atoms with Gasteiger partial charge in [-0.25, -0.2) is 0 Å². The van der Waals surface area contributed by atoms with Crippen LogP contribution in [0.2, 0.25) is 0 Å². The van der Waals surface area contributed by atoms with E-state index in [1.165, 1.54) is 69.9 Å². The zero-order chi connectivity index (χ0) is 12.5. The van der Waals surface area contributed by atoms with Crippen molar-refractivity contribution in [1.29, 1.82) is 0 Å². The lowest BCUT2D eigenvalue weighted by molar-refractivity contribution is 0.314. The number of halogens is 1. The Morgan fingerprint density at radius 2 is 1.29 bits per heavy atom. The third-order valence-corrected chi connectivity index (χ3v) is 4.73. The van der Waals surface area contributed by atoms with Gasteiger partial charge >= 0.3 is 0 Å². The molecule has 0 bridgehead atoms. The van der Waals surface area contributed by atoms with Crippen LogP contribution < -0.4 is 0 Å². The first-order chi connectivity index (χ1) is 8.24. The molecule has 0 aromatic heterocycles. The summed E-state index contributed by atoms with van der Waals surface area (Å²) < 4.78 is 0. The second-order valence-electron chi connectivity index (χ2n) is 5.88. The van der Waals surface area contributed by atoms with E-state index in [2.05, 4.69) is 34.7 Å². The van der Waals surface area contributed by atoms with E-state index in [1.807, 2.05) is 0 Å². The Balaban J connectivity index is 1.85. The van der Waals surface area contributed by atoms with Gasteiger partial charge in [-0.1, -0.05) is 61.9 Å². The van der Waals surface area contributed by atoms with Crippen molar-refractivity contribution in [1.82, 2.24) is 4.90 Å². The van der Waals surface area contributed by atoms with Crippen molar-refractivity contribution >= 4 is 15.9 Å². The molecule has 0 N–H and O–H groups in total. The lowest BCUT2D eigenvalue weighted by Crippen LogP contribution is -2.21. The fraction of sp³-hybridized carbons (Fsp3) is 1.00. The number of hydrogen-bond acceptors (Lipinski definition) is 1. The van der Waals surface area contributed by atoms with Crippen LogP contribution in [0.1, 0.15) is 58.8 Å². The Hall–Kier alpha value is 0.440. The zero-order valence-electron chi connectivity index (χ0n) is 11.8. The monoisotopic (exact) mass is 303 g/mol. The Morgan fingerprint density at radius 3 is 1.82 bits per heavy atom. The fourth-order valence-electron chi connectivity index (χ4n) is 2.75. The van der Waals surface area contributed by atoms with Gasteiger partial charge in [0.15, 0.2) is 0 Å². The highest BCUT2D eigenvalue weighted by Crippen LogP contribution is 2.22. The number of unbranched alkanes of at least 4 members (excludes halogenated alkanes) is 6. The molecule has 0 aliphatic carbocycles. The van der Waals surface area contributed by atoms with E-state index < -0.39 is 0 Å². The van der Waals surface area contributed by atoms with Crippen molar-refractivity contribution < 1.29 is 0 Å². The molecule has 2 heteroatoms. The van der Waals surface area contributed by atoms with Gasteiger partial charge in [-0.15, -0.1) is 0 Å². The van der Waals surface area contributed by atoms with Gasteiger partial charge in [0.25, 0.3) is 0 Å².